The van der Waals surface area contributed by atoms with Crippen molar-refractivity contribution in [3.05, 3.63) is 62.3 Å². The Morgan fingerprint density at radius 2 is 2.05 bits per heavy atom. The van der Waals surface area contributed by atoms with Crippen molar-refractivity contribution in [1.82, 2.24) is 10.3 Å². The van der Waals surface area contributed by atoms with Crippen LogP contribution >= 0.6 is 39.1 Å². The Bertz CT molecular complexity index is 634. The van der Waals surface area contributed by atoms with Crippen LogP contribution in [0.5, 0.6) is 0 Å². The minimum atomic E-state index is -0.212. The Morgan fingerprint density at radius 3 is 2.75 bits per heavy atom. The smallest absolute Gasteiger partial charge is 0.269 e. The van der Waals surface area contributed by atoms with E-state index in [1.54, 1.807) is 30.3 Å². The molecule has 0 saturated carbocycles. The van der Waals surface area contributed by atoms with E-state index in [0.717, 1.165) is 5.56 Å². The van der Waals surface area contributed by atoms with Crippen molar-refractivity contribution in [2.24, 2.45) is 0 Å². The fraction of sp³-hybridized carbons (Fsp3) is 0.143. The SMILES string of the molecule is O=C(NCCc1ccc(Cl)cc1Cl)c1cccc(Br)n1. The first-order chi connectivity index (χ1) is 9.56. The molecule has 3 nitrogen and oxygen atoms in total. The van der Waals surface area contributed by atoms with Gasteiger partial charge in [0.2, 0.25) is 0 Å². The van der Waals surface area contributed by atoms with E-state index in [-0.39, 0.29) is 5.91 Å². The van der Waals surface area contributed by atoms with E-state index in [1.165, 1.54) is 0 Å². The van der Waals surface area contributed by atoms with E-state index < -0.39 is 0 Å². The van der Waals surface area contributed by atoms with Gasteiger partial charge >= 0.3 is 0 Å². The normalized spacial score (nSPS) is 10.3. The quantitative estimate of drug-likeness (QED) is 0.819. The summed E-state index contributed by atoms with van der Waals surface area (Å²) in [5, 5.41) is 4.00. The molecule has 0 bridgehead atoms. The van der Waals surface area contributed by atoms with E-state index in [1.807, 2.05) is 6.07 Å². The molecule has 104 valence electrons. The average molecular weight is 374 g/mol. The Morgan fingerprint density at radius 1 is 1.25 bits per heavy atom. The minimum absolute atomic E-state index is 0.212. The summed E-state index contributed by atoms with van der Waals surface area (Å²) in [6.45, 7) is 0.481. The zero-order valence-electron chi connectivity index (χ0n) is 10.4. The van der Waals surface area contributed by atoms with Crippen LogP contribution in [0.4, 0.5) is 0 Å². The molecule has 0 aliphatic heterocycles. The highest BCUT2D eigenvalue weighted by Crippen LogP contribution is 2.21. The molecule has 20 heavy (non-hydrogen) atoms. The second kappa shape index (κ2) is 7.07. The lowest BCUT2D eigenvalue weighted by Gasteiger charge is -2.07. The summed E-state index contributed by atoms with van der Waals surface area (Å²) in [7, 11) is 0. The van der Waals surface area contributed by atoms with Gasteiger partial charge in [-0.05, 0) is 52.2 Å². The van der Waals surface area contributed by atoms with Crippen LogP contribution in [-0.4, -0.2) is 17.4 Å². The Labute approximate surface area is 135 Å². The number of hydrogen-bond acceptors (Lipinski definition) is 2. The zero-order chi connectivity index (χ0) is 14.5. The minimum Gasteiger partial charge on any atom is -0.350 e. The molecule has 1 N–H and O–H groups in total. The number of nitrogens with one attached hydrogen (secondary N) is 1. The van der Waals surface area contributed by atoms with Gasteiger partial charge < -0.3 is 5.32 Å². The Kier molecular flexibility index (Phi) is 5.40. The topological polar surface area (TPSA) is 42.0 Å². The molecule has 0 atom stereocenters. The van der Waals surface area contributed by atoms with Crippen LogP contribution in [0.2, 0.25) is 10.0 Å². The third-order valence-corrected chi connectivity index (χ3v) is 3.67. The third kappa shape index (κ3) is 4.20. The maximum Gasteiger partial charge on any atom is 0.269 e. The maximum absolute atomic E-state index is 11.9. The highest BCUT2D eigenvalue weighted by Gasteiger charge is 2.07. The van der Waals surface area contributed by atoms with Crippen molar-refractivity contribution in [2.75, 3.05) is 6.54 Å². The van der Waals surface area contributed by atoms with Crippen molar-refractivity contribution in [3.8, 4) is 0 Å². The number of nitrogens with zero attached hydrogens (tertiary/aromatic N) is 1. The van der Waals surface area contributed by atoms with Gasteiger partial charge in [0, 0.05) is 16.6 Å². The summed E-state index contributed by atoms with van der Waals surface area (Å²) in [5.74, 6) is -0.212. The molecular weight excluding hydrogens is 363 g/mol. The number of halogens is 3. The number of hydrogen-bond donors (Lipinski definition) is 1. The predicted molar refractivity (Wildman–Crippen MR) is 84.4 cm³/mol. The van der Waals surface area contributed by atoms with Crippen LogP contribution in [0, 0.1) is 0 Å². The van der Waals surface area contributed by atoms with Gasteiger partial charge in [0.15, 0.2) is 0 Å². The largest absolute Gasteiger partial charge is 0.350 e. The van der Waals surface area contributed by atoms with Gasteiger partial charge in [0.05, 0.1) is 0 Å². The van der Waals surface area contributed by atoms with Crippen LogP contribution in [0.1, 0.15) is 16.1 Å². The van der Waals surface area contributed by atoms with Crippen LogP contribution in [-0.2, 0) is 6.42 Å². The molecule has 0 aliphatic rings. The van der Waals surface area contributed by atoms with Gasteiger partial charge in [0.1, 0.15) is 10.3 Å². The van der Waals surface area contributed by atoms with Gasteiger partial charge in [-0.1, -0.05) is 35.3 Å². The average Bonchev–Trinajstić information content (AvgIpc) is 2.41. The summed E-state index contributed by atoms with van der Waals surface area (Å²) in [5.41, 5.74) is 1.32. The van der Waals surface area contributed by atoms with E-state index in [2.05, 4.69) is 26.2 Å². The first-order valence-corrected chi connectivity index (χ1v) is 7.46. The van der Waals surface area contributed by atoms with Gasteiger partial charge in [-0.15, -0.1) is 0 Å². The lowest BCUT2D eigenvalue weighted by molar-refractivity contribution is 0.0949. The fourth-order valence-electron chi connectivity index (χ4n) is 1.66. The summed E-state index contributed by atoms with van der Waals surface area (Å²) in [4.78, 5) is 16.0. The number of rotatable bonds is 4. The van der Waals surface area contributed by atoms with Crippen LogP contribution in [0.25, 0.3) is 0 Å². The van der Waals surface area contributed by atoms with Crippen molar-refractivity contribution < 1.29 is 4.79 Å². The number of pyridine rings is 1. The lowest BCUT2D eigenvalue weighted by Crippen LogP contribution is -2.26. The molecule has 2 rings (SSSR count). The third-order valence-electron chi connectivity index (χ3n) is 2.64. The molecular formula is C14H11BrCl2N2O. The molecule has 1 amide bonds. The van der Waals surface area contributed by atoms with Crippen LogP contribution in [0.3, 0.4) is 0 Å². The highest BCUT2D eigenvalue weighted by molar-refractivity contribution is 9.10. The summed E-state index contributed by atoms with van der Waals surface area (Å²) < 4.78 is 0.630. The molecule has 0 aliphatic carbocycles. The zero-order valence-corrected chi connectivity index (χ0v) is 13.5. The van der Waals surface area contributed by atoms with Crippen LogP contribution < -0.4 is 5.32 Å². The first-order valence-electron chi connectivity index (χ1n) is 5.91. The van der Waals surface area contributed by atoms with Crippen molar-refractivity contribution in [2.45, 2.75) is 6.42 Å². The number of amides is 1. The second-order valence-electron chi connectivity index (χ2n) is 4.09. The van der Waals surface area contributed by atoms with E-state index in [4.69, 9.17) is 23.2 Å². The molecule has 1 aromatic carbocycles. The van der Waals surface area contributed by atoms with Gasteiger partial charge in [-0.25, -0.2) is 4.98 Å². The summed E-state index contributed by atoms with van der Waals surface area (Å²) >= 11 is 15.1. The second-order valence-corrected chi connectivity index (χ2v) is 5.74. The molecule has 6 heteroatoms. The van der Waals surface area contributed by atoms with Gasteiger partial charge in [-0.3, -0.25) is 4.79 Å². The van der Waals surface area contributed by atoms with Crippen LogP contribution in [0.15, 0.2) is 41.0 Å². The van der Waals surface area contributed by atoms with Crippen molar-refractivity contribution >= 4 is 45.0 Å². The van der Waals surface area contributed by atoms with Gasteiger partial charge in [-0.2, -0.15) is 0 Å². The van der Waals surface area contributed by atoms with E-state index in [9.17, 15) is 4.79 Å². The monoisotopic (exact) mass is 372 g/mol. The molecule has 0 spiro atoms. The van der Waals surface area contributed by atoms with Crippen molar-refractivity contribution in [3.63, 3.8) is 0 Å². The molecule has 1 aromatic heterocycles. The molecule has 0 saturated heterocycles. The lowest BCUT2D eigenvalue weighted by atomic mass is 10.1. The van der Waals surface area contributed by atoms with Crippen molar-refractivity contribution in [1.29, 1.82) is 0 Å². The summed E-state index contributed by atoms with van der Waals surface area (Å²) in [6, 6.07) is 10.5. The molecule has 0 radical (unpaired) electrons. The molecule has 1 heterocycles. The number of aromatic nitrogens is 1. The standard InChI is InChI=1S/C14H11BrCl2N2O/c15-13-3-1-2-12(19-13)14(20)18-7-6-9-4-5-10(16)8-11(9)17/h1-5,8H,6-7H2,(H,18,20). The number of carbonyl (C=O) groups is 1. The fourth-order valence-corrected chi connectivity index (χ4v) is 2.51. The first kappa shape index (κ1) is 15.3. The molecule has 0 unspecified atom stereocenters. The maximum atomic E-state index is 11.9. The number of benzene rings is 1. The van der Waals surface area contributed by atoms with E-state index in [0.29, 0.717) is 33.3 Å². The van der Waals surface area contributed by atoms with Gasteiger partial charge in [0.25, 0.3) is 5.91 Å². The Hall–Kier alpha value is -1.10. The molecule has 0 fully saturated rings. The Balaban J connectivity index is 1.91. The summed E-state index contributed by atoms with van der Waals surface area (Å²) in [6.07, 6.45) is 0.635. The highest BCUT2D eigenvalue weighted by atomic mass is 79.9. The number of carbonyl (C=O) groups excluding carboxylic acids is 1. The molecule has 2 aromatic rings. The van der Waals surface area contributed by atoms with E-state index >= 15 is 0 Å². The predicted octanol–water partition coefficient (Wildman–Crippen LogP) is 4.12.